The fourth-order valence-corrected chi connectivity index (χ4v) is 4.30. The van der Waals surface area contributed by atoms with E-state index in [1.807, 2.05) is 12.1 Å². The molecular formula is C29H27F4N7O4. The van der Waals surface area contributed by atoms with Crippen LogP contribution in [0.4, 0.5) is 17.6 Å². The first-order valence-electron chi connectivity index (χ1n) is 13.4. The molecule has 15 heteroatoms. The summed E-state index contributed by atoms with van der Waals surface area (Å²) in [5.74, 6) is -2.76. The number of carbonyl (C=O) groups excluding carboxylic acids is 2. The monoisotopic (exact) mass is 613 g/mol. The number of hydrogen-bond donors (Lipinski definition) is 3. The van der Waals surface area contributed by atoms with Crippen LogP contribution in [0, 0.1) is 5.82 Å². The van der Waals surface area contributed by atoms with Gasteiger partial charge in [0.15, 0.2) is 5.82 Å². The number of aromatic nitrogens is 5. The van der Waals surface area contributed by atoms with E-state index in [1.54, 1.807) is 42.7 Å². The van der Waals surface area contributed by atoms with E-state index in [0.717, 1.165) is 22.2 Å². The quantitative estimate of drug-likeness (QED) is 0.179. The molecule has 3 atom stereocenters. The highest BCUT2D eigenvalue weighted by atomic mass is 19.4. The Balaban J connectivity index is 0.000000566. The van der Waals surface area contributed by atoms with Gasteiger partial charge in [-0.2, -0.15) is 17.9 Å². The molecule has 1 amide bonds. The molecule has 0 radical (unpaired) electrons. The molecule has 0 unspecified atom stereocenters. The van der Waals surface area contributed by atoms with Crippen LogP contribution < -0.4 is 10.6 Å². The van der Waals surface area contributed by atoms with Gasteiger partial charge >= 0.3 is 12.1 Å². The first kappa shape index (κ1) is 31.9. The number of benzene rings is 2. The van der Waals surface area contributed by atoms with Crippen LogP contribution in [-0.4, -0.2) is 72.7 Å². The highest BCUT2D eigenvalue weighted by Gasteiger charge is 2.38. The second-order valence-corrected chi connectivity index (χ2v) is 9.76. The molecule has 44 heavy (non-hydrogen) atoms. The van der Waals surface area contributed by atoms with Crippen molar-refractivity contribution in [3.05, 3.63) is 96.3 Å². The average Bonchev–Trinajstić information content (AvgIpc) is 3.57. The van der Waals surface area contributed by atoms with Gasteiger partial charge in [-0.05, 0) is 61.7 Å². The highest BCUT2D eigenvalue weighted by Crippen LogP contribution is 2.40. The number of carboxylic acids is 1. The maximum atomic E-state index is 13.2. The van der Waals surface area contributed by atoms with Crippen LogP contribution in [0.15, 0.2) is 79.4 Å². The first-order valence-corrected chi connectivity index (χ1v) is 13.4. The smallest absolute Gasteiger partial charge is 0.475 e. The normalized spacial score (nSPS) is 16.3. The molecule has 1 fully saturated rings. The zero-order valence-electron chi connectivity index (χ0n) is 23.0. The molecule has 11 nitrogen and oxygen atoms in total. The van der Waals surface area contributed by atoms with Gasteiger partial charge < -0.3 is 15.7 Å². The van der Waals surface area contributed by atoms with Crippen molar-refractivity contribution in [3.63, 3.8) is 0 Å². The summed E-state index contributed by atoms with van der Waals surface area (Å²) in [6.45, 7) is 0.686. The van der Waals surface area contributed by atoms with Crippen LogP contribution in [0.25, 0.3) is 11.4 Å². The summed E-state index contributed by atoms with van der Waals surface area (Å²) in [7, 11) is 0. The lowest BCUT2D eigenvalue weighted by Gasteiger charge is -2.17. The van der Waals surface area contributed by atoms with Gasteiger partial charge in [0, 0.05) is 35.5 Å². The molecule has 3 N–H and O–H groups in total. The fourth-order valence-electron chi connectivity index (χ4n) is 4.30. The van der Waals surface area contributed by atoms with Crippen molar-refractivity contribution < 1.29 is 37.1 Å². The maximum absolute atomic E-state index is 13.2. The lowest BCUT2D eigenvalue weighted by molar-refractivity contribution is -0.192. The summed E-state index contributed by atoms with van der Waals surface area (Å²) in [6.07, 6.45) is 3.21. The third-order valence-corrected chi connectivity index (χ3v) is 6.63. The second-order valence-electron chi connectivity index (χ2n) is 9.76. The Kier molecular flexibility index (Phi) is 10.4. The van der Waals surface area contributed by atoms with Crippen molar-refractivity contribution >= 4 is 17.8 Å². The van der Waals surface area contributed by atoms with Gasteiger partial charge in [-0.1, -0.05) is 29.5 Å². The van der Waals surface area contributed by atoms with Gasteiger partial charge in [0.05, 0.1) is 12.4 Å². The lowest BCUT2D eigenvalue weighted by Crippen LogP contribution is -2.43. The third-order valence-electron chi connectivity index (χ3n) is 6.63. The van der Waals surface area contributed by atoms with E-state index in [9.17, 15) is 27.2 Å². The number of nitrogens with one attached hydrogen (secondary N) is 2. The largest absolute Gasteiger partial charge is 0.490 e. The Labute approximate surface area is 248 Å². The van der Waals surface area contributed by atoms with E-state index in [4.69, 9.17) is 9.90 Å². The van der Waals surface area contributed by atoms with Crippen molar-refractivity contribution in [1.82, 2.24) is 35.6 Å². The topological polar surface area (TPSA) is 152 Å². The van der Waals surface area contributed by atoms with Crippen LogP contribution in [0.2, 0.25) is 0 Å². The summed E-state index contributed by atoms with van der Waals surface area (Å²) in [5.41, 5.74) is 2.34. The Morgan fingerprint density at radius 3 is 2.25 bits per heavy atom. The summed E-state index contributed by atoms with van der Waals surface area (Å²) in [5, 5.41) is 21.0. The molecule has 1 saturated carbocycles. The van der Waals surface area contributed by atoms with E-state index in [2.05, 4.69) is 30.9 Å². The standard InChI is InChI=1S/C27H26FN7O2.C2HF3O2/c28-21-10-8-18(9-11-21)22-17-24(22)29-12-1-3-23(27(37)35-16-15-32-34-35)33-26(36)20-6-4-19(5-7-20)25-30-13-2-14-31-25;3-2(4,5)1(6)7/h2,4-11,13-16,22-24,29H,1,3,12,17H2,(H,33,36);(H,6,7)/t22-,23-,24+;/m0./s1. The molecule has 2 heterocycles. The average molecular weight is 614 g/mol. The predicted octanol–water partition coefficient (Wildman–Crippen LogP) is 3.87. The van der Waals surface area contributed by atoms with Crippen molar-refractivity contribution in [2.45, 2.75) is 43.4 Å². The van der Waals surface area contributed by atoms with Crippen LogP contribution >= 0.6 is 0 Å². The van der Waals surface area contributed by atoms with Crippen molar-refractivity contribution in [2.75, 3.05) is 6.54 Å². The molecule has 2 aromatic heterocycles. The molecule has 0 bridgehead atoms. The second kappa shape index (κ2) is 14.4. The maximum Gasteiger partial charge on any atom is 0.490 e. The fraction of sp³-hybridized carbons (Fsp3) is 0.276. The van der Waals surface area contributed by atoms with Crippen molar-refractivity contribution in [1.29, 1.82) is 0 Å². The number of alkyl halides is 3. The molecule has 1 aliphatic rings. The number of aliphatic carboxylic acids is 1. The molecule has 5 rings (SSSR count). The Hall–Kier alpha value is -5.05. The minimum Gasteiger partial charge on any atom is -0.475 e. The number of hydrogen-bond acceptors (Lipinski definition) is 8. The molecule has 230 valence electrons. The number of nitrogens with zero attached hydrogens (tertiary/aromatic N) is 5. The van der Waals surface area contributed by atoms with Crippen LogP contribution in [-0.2, 0) is 4.79 Å². The number of carboxylic acid groups (broad SMARTS) is 1. The Bertz CT molecular complexity index is 1530. The van der Waals surface area contributed by atoms with E-state index in [1.165, 1.54) is 24.5 Å². The number of amides is 1. The summed E-state index contributed by atoms with van der Waals surface area (Å²) < 4.78 is 46.0. The van der Waals surface area contributed by atoms with Crippen LogP contribution in [0.1, 0.15) is 45.9 Å². The molecule has 1 aliphatic carbocycles. The van der Waals surface area contributed by atoms with Crippen LogP contribution in [0.3, 0.4) is 0 Å². The molecule has 0 saturated heterocycles. The lowest BCUT2D eigenvalue weighted by atomic mass is 10.1. The third kappa shape index (κ3) is 8.97. The molecule has 2 aromatic carbocycles. The van der Waals surface area contributed by atoms with Gasteiger partial charge in [0.1, 0.15) is 11.9 Å². The molecular weight excluding hydrogens is 586 g/mol. The highest BCUT2D eigenvalue weighted by molar-refractivity contribution is 5.98. The van der Waals surface area contributed by atoms with E-state index in [-0.39, 0.29) is 17.6 Å². The van der Waals surface area contributed by atoms with Gasteiger partial charge in [-0.25, -0.2) is 19.2 Å². The zero-order valence-corrected chi connectivity index (χ0v) is 23.0. The van der Waals surface area contributed by atoms with Gasteiger partial charge in [0.25, 0.3) is 11.8 Å². The van der Waals surface area contributed by atoms with Crippen molar-refractivity contribution in [2.24, 2.45) is 0 Å². The summed E-state index contributed by atoms with van der Waals surface area (Å²) in [6, 6.07) is 14.8. The van der Waals surface area contributed by atoms with Crippen molar-refractivity contribution in [3.8, 4) is 11.4 Å². The van der Waals surface area contributed by atoms with E-state index in [0.29, 0.717) is 42.7 Å². The van der Waals surface area contributed by atoms with Gasteiger partial charge in [0.2, 0.25) is 0 Å². The van der Waals surface area contributed by atoms with Gasteiger partial charge in [-0.15, -0.1) is 5.10 Å². The number of halogens is 4. The predicted molar refractivity (Wildman–Crippen MR) is 148 cm³/mol. The first-order chi connectivity index (χ1) is 21.0. The number of carbonyl (C=O) groups is 3. The molecule has 0 spiro atoms. The summed E-state index contributed by atoms with van der Waals surface area (Å²) >= 11 is 0. The number of rotatable bonds is 10. The molecule has 0 aliphatic heterocycles. The minimum absolute atomic E-state index is 0.236. The minimum atomic E-state index is -5.08. The molecule has 4 aromatic rings. The zero-order chi connectivity index (χ0) is 31.7. The Morgan fingerprint density at radius 2 is 1.66 bits per heavy atom. The van der Waals surface area contributed by atoms with E-state index < -0.39 is 18.2 Å². The van der Waals surface area contributed by atoms with Crippen LogP contribution in [0.5, 0.6) is 0 Å². The summed E-state index contributed by atoms with van der Waals surface area (Å²) in [4.78, 5) is 43.3. The van der Waals surface area contributed by atoms with E-state index >= 15 is 0 Å². The Morgan fingerprint density at radius 1 is 1.00 bits per heavy atom. The van der Waals surface area contributed by atoms with Gasteiger partial charge in [-0.3, -0.25) is 9.59 Å². The SMILES string of the molecule is O=C(N[C@@H](CCCN[C@@H]1C[C@H]1c1ccc(F)cc1)C(=O)n1ccnn1)c1ccc(-c2ncccn2)cc1.O=C(O)C(F)(F)F.